The van der Waals surface area contributed by atoms with Crippen molar-refractivity contribution >= 4 is 40.7 Å². The predicted octanol–water partition coefficient (Wildman–Crippen LogP) is 3.26. The molecule has 0 spiro atoms. The number of urea groups is 1. The molecule has 0 bridgehead atoms. The minimum absolute atomic E-state index is 0.0325. The molecule has 2 amide bonds. The Morgan fingerprint density at radius 1 is 1.10 bits per heavy atom. The summed E-state index contributed by atoms with van der Waals surface area (Å²) in [4.78, 5) is 22.7. The molecule has 0 aromatic heterocycles. The topological polar surface area (TPSA) is 104 Å². The molecule has 0 radical (unpaired) electrons. The van der Waals surface area contributed by atoms with Gasteiger partial charge >= 0.3 is 12.0 Å². The molecule has 5 N–H and O–H groups in total. The molecular formula is C14H12ClN3O3. The van der Waals surface area contributed by atoms with E-state index in [1.807, 2.05) is 0 Å². The highest BCUT2D eigenvalue weighted by molar-refractivity contribution is 6.33. The molecule has 21 heavy (non-hydrogen) atoms. The van der Waals surface area contributed by atoms with Gasteiger partial charge in [-0.3, -0.25) is 0 Å². The number of para-hydroxylation sites is 2. The van der Waals surface area contributed by atoms with Gasteiger partial charge < -0.3 is 21.5 Å². The fourth-order valence-electron chi connectivity index (χ4n) is 1.66. The molecule has 0 fully saturated rings. The van der Waals surface area contributed by atoms with E-state index in [0.29, 0.717) is 17.1 Å². The monoisotopic (exact) mass is 305 g/mol. The third kappa shape index (κ3) is 3.64. The number of hydrogen-bond acceptors (Lipinski definition) is 3. The van der Waals surface area contributed by atoms with E-state index in [-0.39, 0.29) is 10.6 Å². The van der Waals surface area contributed by atoms with Crippen LogP contribution in [-0.4, -0.2) is 17.1 Å². The van der Waals surface area contributed by atoms with Gasteiger partial charge in [0.15, 0.2) is 0 Å². The van der Waals surface area contributed by atoms with E-state index in [2.05, 4.69) is 10.6 Å². The predicted molar refractivity (Wildman–Crippen MR) is 81.9 cm³/mol. The molecule has 0 saturated heterocycles. The first kappa shape index (κ1) is 14.7. The Bertz CT molecular complexity index is 704. The average molecular weight is 306 g/mol. The van der Waals surface area contributed by atoms with Gasteiger partial charge in [-0.05, 0) is 30.3 Å². The van der Waals surface area contributed by atoms with Crippen molar-refractivity contribution in [3.05, 3.63) is 53.1 Å². The Hall–Kier alpha value is -2.73. The molecule has 7 heteroatoms. The first-order chi connectivity index (χ1) is 9.97. The largest absolute Gasteiger partial charge is 0.478 e. The van der Waals surface area contributed by atoms with Crippen LogP contribution in [0.4, 0.5) is 21.9 Å². The summed E-state index contributed by atoms with van der Waals surface area (Å²) < 4.78 is 0. The van der Waals surface area contributed by atoms with Crippen molar-refractivity contribution in [1.29, 1.82) is 0 Å². The first-order valence-corrected chi connectivity index (χ1v) is 6.30. The first-order valence-electron chi connectivity index (χ1n) is 5.92. The van der Waals surface area contributed by atoms with E-state index in [9.17, 15) is 9.59 Å². The van der Waals surface area contributed by atoms with Crippen LogP contribution in [0.1, 0.15) is 10.4 Å². The number of carbonyl (C=O) groups is 2. The lowest BCUT2D eigenvalue weighted by atomic mass is 10.2. The number of nitrogen functional groups attached to an aromatic ring is 1. The van der Waals surface area contributed by atoms with Crippen molar-refractivity contribution in [2.45, 2.75) is 0 Å². The number of nitrogens with two attached hydrogens (primary N) is 1. The van der Waals surface area contributed by atoms with Gasteiger partial charge in [-0.15, -0.1) is 0 Å². The number of nitrogens with one attached hydrogen (secondary N) is 2. The molecule has 0 aliphatic carbocycles. The third-order valence-electron chi connectivity index (χ3n) is 2.67. The fraction of sp³-hybridized carbons (Fsp3) is 0. The zero-order valence-corrected chi connectivity index (χ0v) is 11.5. The number of amides is 2. The maximum absolute atomic E-state index is 11.8. The van der Waals surface area contributed by atoms with E-state index in [1.165, 1.54) is 18.2 Å². The highest BCUT2D eigenvalue weighted by Crippen LogP contribution is 2.22. The number of anilines is 3. The molecule has 6 nitrogen and oxygen atoms in total. The summed E-state index contributed by atoms with van der Waals surface area (Å²) in [6, 6.07) is 10.4. The molecule has 2 aromatic rings. The van der Waals surface area contributed by atoms with Gasteiger partial charge in [0, 0.05) is 5.69 Å². The number of halogens is 1. The summed E-state index contributed by atoms with van der Waals surface area (Å²) in [6.07, 6.45) is 0. The molecule has 108 valence electrons. The Kier molecular flexibility index (Phi) is 4.30. The smallest absolute Gasteiger partial charge is 0.337 e. The highest BCUT2D eigenvalue weighted by atomic mass is 35.5. The number of carboxylic acids is 1. The van der Waals surface area contributed by atoms with Crippen molar-refractivity contribution in [3.8, 4) is 0 Å². The summed E-state index contributed by atoms with van der Waals surface area (Å²) >= 11 is 5.82. The number of rotatable bonds is 3. The summed E-state index contributed by atoms with van der Waals surface area (Å²) in [5.41, 5.74) is 6.96. The molecule has 0 aliphatic rings. The van der Waals surface area contributed by atoms with Crippen molar-refractivity contribution < 1.29 is 14.7 Å². The Labute approximate surface area is 125 Å². The molecule has 2 aromatic carbocycles. The standard InChI is InChI=1S/C14H12ClN3O3/c15-10-7-8(5-6-9(10)13(19)20)17-14(21)18-12-4-2-1-3-11(12)16/h1-7H,16H2,(H,19,20)(H2,17,18,21). The normalized spacial score (nSPS) is 9.95. The molecule has 0 aliphatic heterocycles. The molecule has 0 atom stereocenters. The van der Waals surface area contributed by atoms with Gasteiger partial charge in [-0.25, -0.2) is 9.59 Å². The van der Waals surface area contributed by atoms with Gasteiger partial charge in [-0.1, -0.05) is 23.7 Å². The molecule has 0 unspecified atom stereocenters. The van der Waals surface area contributed by atoms with Crippen molar-refractivity contribution in [2.75, 3.05) is 16.4 Å². The Morgan fingerprint density at radius 3 is 2.43 bits per heavy atom. The zero-order chi connectivity index (χ0) is 15.4. The van der Waals surface area contributed by atoms with Gasteiger partial charge in [0.1, 0.15) is 0 Å². The van der Waals surface area contributed by atoms with E-state index >= 15 is 0 Å². The van der Waals surface area contributed by atoms with E-state index in [0.717, 1.165) is 0 Å². The van der Waals surface area contributed by atoms with Crippen LogP contribution in [0.25, 0.3) is 0 Å². The van der Waals surface area contributed by atoms with Gasteiger partial charge in [0.05, 0.1) is 22.0 Å². The number of hydrogen-bond donors (Lipinski definition) is 4. The van der Waals surface area contributed by atoms with Crippen LogP contribution in [0.5, 0.6) is 0 Å². The highest BCUT2D eigenvalue weighted by Gasteiger charge is 2.10. The lowest BCUT2D eigenvalue weighted by molar-refractivity contribution is 0.0697. The van der Waals surface area contributed by atoms with Crippen molar-refractivity contribution in [1.82, 2.24) is 0 Å². The number of carboxylic acid groups (broad SMARTS) is 1. The Morgan fingerprint density at radius 2 is 1.81 bits per heavy atom. The van der Waals surface area contributed by atoms with Crippen LogP contribution < -0.4 is 16.4 Å². The third-order valence-corrected chi connectivity index (χ3v) is 2.98. The number of aromatic carboxylic acids is 1. The van der Waals surface area contributed by atoms with Crippen LogP contribution in [0.15, 0.2) is 42.5 Å². The lowest BCUT2D eigenvalue weighted by Gasteiger charge is -2.10. The summed E-state index contributed by atoms with van der Waals surface area (Å²) in [5.74, 6) is -1.13. The minimum atomic E-state index is -1.13. The van der Waals surface area contributed by atoms with Crippen LogP contribution in [-0.2, 0) is 0 Å². The van der Waals surface area contributed by atoms with Crippen molar-refractivity contribution in [2.24, 2.45) is 0 Å². The SMILES string of the molecule is Nc1ccccc1NC(=O)Nc1ccc(C(=O)O)c(Cl)c1. The summed E-state index contributed by atoms with van der Waals surface area (Å²) in [7, 11) is 0. The molecule has 0 saturated carbocycles. The van der Waals surface area contributed by atoms with E-state index in [1.54, 1.807) is 24.3 Å². The maximum atomic E-state index is 11.8. The maximum Gasteiger partial charge on any atom is 0.337 e. The quantitative estimate of drug-likeness (QED) is 0.653. The van der Waals surface area contributed by atoms with Crippen LogP contribution in [0, 0.1) is 0 Å². The average Bonchev–Trinajstić information content (AvgIpc) is 2.41. The zero-order valence-electron chi connectivity index (χ0n) is 10.8. The van der Waals surface area contributed by atoms with Crippen LogP contribution in [0.3, 0.4) is 0 Å². The molecule has 2 rings (SSSR count). The second-order valence-electron chi connectivity index (χ2n) is 4.17. The number of carbonyl (C=O) groups excluding carboxylic acids is 1. The lowest BCUT2D eigenvalue weighted by Crippen LogP contribution is -2.20. The van der Waals surface area contributed by atoms with E-state index in [4.69, 9.17) is 22.4 Å². The van der Waals surface area contributed by atoms with E-state index < -0.39 is 12.0 Å². The summed E-state index contributed by atoms with van der Waals surface area (Å²) in [5, 5.41) is 14.0. The molecular weight excluding hydrogens is 294 g/mol. The van der Waals surface area contributed by atoms with Crippen LogP contribution in [0.2, 0.25) is 5.02 Å². The molecule has 0 heterocycles. The minimum Gasteiger partial charge on any atom is -0.478 e. The second kappa shape index (κ2) is 6.15. The summed E-state index contributed by atoms with van der Waals surface area (Å²) in [6.45, 7) is 0. The fourth-order valence-corrected chi connectivity index (χ4v) is 1.92. The van der Waals surface area contributed by atoms with Gasteiger partial charge in [0.25, 0.3) is 0 Å². The van der Waals surface area contributed by atoms with Gasteiger partial charge in [-0.2, -0.15) is 0 Å². The number of benzene rings is 2. The van der Waals surface area contributed by atoms with Gasteiger partial charge in [0.2, 0.25) is 0 Å². The van der Waals surface area contributed by atoms with Crippen molar-refractivity contribution in [3.63, 3.8) is 0 Å². The second-order valence-corrected chi connectivity index (χ2v) is 4.57. The Balaban J connectivity index is 2.08. The van der Waals surface area contributed by atoms with Crippen LogP contribution >= 0.6 is 11.6 Å².